The summed E-state index contributed by atoms with van der Waals surface area (Å²) >= 11 is 5.18. The zero-order chi connectivity index (χ0) is 12.3. The summed E-state index contributed by atoms with van der Waals surface area (Å²) in [5.41, 5.74) is -0.409. The maximum Gasteiger partial charge on any atom is 0.283 e. The van der Waals surface area contributed by atoms with E-state index in [1.54, 1.807) is 0 Å². The second kappa shape index (κ2) is 4.71. The van der Waals surface area contributed by atoms with Crippen molar-refractivity contribution in [3.63, 3.8) is 0 Å². The van der Waals surface area contributed by atoms with Crippen LogP contribution in [-0.4, -0.2) is 16.1 Å². The van der Waals surface area contributed by atoms with Gasteiger partial charge in [-0.3, -0.25) is 19.7 Å². The first-order chi connectivity index (χ1) is 7.41. The van der Waals surface area contributed by atoms with Gasteiger partial charge >= 0.3 is 0 Å². The zero-order valence-electron chi connectivity index (χ0n) is 8.19. The fraction of sp³-hybridized carbons (Fsp3) is 0.111. The van der Waals surface area contributed by atoms with E-state index in [4.69, 9.17) is 11.6 Å². The summed E-state index contributed by atoms with van der Waals surface area (Å²) in [5.74, 6) is -0.362. The van der Waals surface area contributed by atoms with Crippen molar-refractivity contribution in [2.75, 3.05) is 5.32 Å². The first kappa shape index (κ1) is 12.1. The Morgan fingerprint density at radius 1 is 1.44 bits per heavy atom. The predicted octanol–water partition coefficient (Wildman–Crippen LogP) is 1.93. The quantitative estimate of drug-likeness (QED) is 0.498. The number of nitrogens with one attached hydrogen (secondary N) is 1. The lowest BCUT2D eigenvalue weighted by Gasteiger charge is -2.03. The highest BCUT2D eigenvalue weighted by molar-refractivity contribution is 6.68. The molecule has 0 saturated heterocycles. The van der Waals surface area contributed by atoms with Crippen molar-refractivity contribution in [3.05, 3.63) is 33.9 Å². The second-order valence-corrected chi connectivity index (χ2v) is 3.29. The van der Waals surface area contributed by atoms with Gasteiger partial charge in [-0.15, -0.1) is 0 Å². The lowest BCUT2D eigenvalue weighted by molar-refractivity contribution is -0.385. The lowest BCUT2D eigenvalue weighted by Crippen LogP contribution is -2.07. The number of anilines is 1. The van der Waals surface area contributed by atoms with Crippen LogP contribution >= 0.6 is 11.6 Å². The molecule has 0 aliphatic heterocycles. The number of nitro groups is 1. The second-order valence-electron chi connectivity index (χ2n) is 2.94. The van der Waals surface area contributed by atoms with Crippen LogP contribution < -0.4 is 5.32 Å². The van der Waals surface area contributed by atoms with E-state index in [9.17, 15) is 19.7 Å². The molecule has 0 spiro atoms. The molecule has 0 aliphatic carbocycles. The van der Waals surface area contributed by atoms with E-state index >= 15 is 0 Å². The summed E-state index contributed by atoms with van der Waals surface area (Å²) in [6, 6.07) is 3.64. The van der Waals surface area contributed by atoms with Crippen LogP contribution in [0.5, 0.6) is 0 Å². The minimum Gasteiger partial charge on any atom is -0.326 e. The van der Waals surface area contributed by atoms with Crippen molar-refractivity contribution >= 4 is 34.1 Å². The molecule has 0 atom stereocenters. The van der Waals surface area contributed by atoms with Crippen LogP contribution in [0.4, 0.5) is 11.4 Å². The predicted molar refractivity (Wildman–Crippen MR) is 57.6 cm³/mol. The number of rotatable bonds is 3. The Balaban J connectivity index is 3.22. The maximum atomic E-state index is 10.9. The molecule has 1 amide bonds. The number of amides is 1. The van der Waals surface area contributed by atoms with Gasteiger partial charge in [0.2, 0.25) is 5.91 Å². The molecule has 0 saturated carbocycles. The van der Waals surface area contributed by atoms with Crippen LogP contribution in [0, 0.1) is 10.1 Å². The molecule has 1 aromatic rings. The number of benzene rings is 1. The average Bonchev–Trinajstić information content (AvgIpc) is 2.16. The van der Waals surface area contributed by atoms with E-state index in [0.29, 0.717) is 0 Å². The smallest absolute Gasteiger partial charge is 0.283 e. The first-order valence-corrected chi connectivity index (χ1v) is 4.55. The molecule has 0 bridgehead atoms. The van der Waals surface area contributed by atoms with Gasteiger partial charge in [-0.25, -0.2) is 0 Å². The molecule has 1 aromatic carbocycles. The van der Waals surface area contributed by atoms with E-state index in [-0.39, 0.29) is 17.2 Å². The van der Waals surface area contributed by atoms with Crippen LogP contribution in [0.25, 0.3) is 0 Å². The number of nitrogens with zero attached hydrogens (tertiary/aromatic N) is 1. The van der Waals surface area contributed by atoms with Crippen LogP contribution in [0.15, 0.2) is 18.2 Å². The van der Waals surface area contributed by atoms with Gasteiger partial charge in [-0.05, 0) is 23.7 Å². The molecular weight excluding hydrogens is 236 g/mol. The molecular formula is C9H7ClN2O4. The van der Waals surface area contributed by atoms with Gasteiger partial charge in [-0.1, -0.05) is 0 Å². The Kier molecular flexibility index (Phi) is 3.57. The molecule has 0 heterocycles. The van der Waals surface area contributed by atoms with Gasteiger partial charge in [0.1, 0.15) is 5.56 Å². The molecule has 7 heteroatoms. The number of hydrogen-bond donors (Lipinski definition) is 1. The van der Waals surface area contributed by atoms with Crippen LogP contribution in [0.1, 0.15) is 17.3 Å². The van der Waals surface area contributed by atoms with Gasteiger partial charge in [-0.2, -0.15) is 0 Å². The summed E-state index contributed by atoms with van der Waals surface area (Å²) < 4.78 is 0. The standard InChI is InChI=1S/C9H7ClN2O4/c1-5(13)11-6-2-3-7(9(10)14)8(4-6)12(15)16/h2-4H,1H3,(H,11,13). The van der Waals surface area contributed by atoms with Crippen molar-refractivity contribution < 1.29 is 14.5 Å². The van der Waals surface area contributed by atoms with E-state index in [1.807, 2.05) is 0 Å². The Bertz CT molecular complexity index is 473. The van der Waals surface area contributed by atoms with E-state index in [0.717, 1.165) is 6.07 Å². The summed E-state index contributed by atoms with van der Waals surface area (Å²) in [4.78, 5) is 31.5. The minimum atomic E-state index is -0.916. The number of halogens is 1. The molecule has 0 aliphatic rings. The summed E-state index contributed by atoms with van der Waals surface area (Å²) in [7, 11) is 0. The molecule has 0 radical (unpaired) electrons. The fourth-order valence-corrected chi connectivity index (χ4v) is 1.29. The van der Waals surface area contributed by atoms with Crippen molar-refractivity contribution in [2.24, 2.45) is 0 Å². The van der Waals surface area contributed by atoms with E-state index in [2.05, 4.69) is 5.32 Å². The first-order valence-electron chi connectivity index (χ1n) is 4.17. The Morgan fingerprint density at radius 3 is 2.50 bits per heavy atom. The Morgan fingerprint density at radius 2 is 2.06 bits per heavy atom. The van der Waals surface area contributed by atoms with Gasteiger partial charge in [0.05, 0.1) is 4.92 Å². The largest absolute Gasteiger partial charge is 0.326 e. The lowest BCUT2D eigenvalue weighted by atomic mass is 10.2. The average molecular weight is 243 g/mol. The third kappa shape index (κ3) is 2.77. The highest BCUT2D eigenvalue weighted by Crippen LogP contribution is 2.24. The number of hydrogen-bond acceptors (Lipinski definition) is 4. The summed E-state index contributed by atoms with van der Waals surface area (Å²) in [6.45, 7) is 1.27. The highest BCUT2D eigenvalue weighted by Gasteiger charge is 2.19. The molecule has 0 unspecified atom stereocenters. The zero-order valence-corrected chi connectivity index (χ0v) is 8.95. The molecule has 1 N–H and O–H groups in total. The third-order valence-corrected chi connectivity index (χ3v) is 1.93. The van der Waals surface area contributed by atoms with Gasteiger partial charge in [0.25, 0.3) is 10.9 Å². The van der Waals surface area contributed by atoms with Gasteiger partial charge in [0.15, 0.2) is 0 Å². The Hall–Kier alpha value is -1.95. The fourth-order valence-electron chi connectivity index (χ4n) is 1.13. The van der Waals surface area contributed by atoms with Crippen LogP contribution in [-0.2, 0) is 4.79 Å². The van der Waals surface area contributed by atoms with E-state index in [1.165, 1.54) is 19.1 Å². The topological polar surface area (TPSA) is 89.3 Å². The SMILES string of the molecule is CC(=O)Nc1ccc(C(=O)Cl)c([N+](=O)[O-])c1. The summed E-state index contributed by atoms with van der Waals surface area (Å²) in [5, 5.41) is 12.1. The van der Waals surface area contributed by atoms with Gasteiger partial charge < -0.3 is 5.32 Å². The molecule has 84 valence electrons. The molecule has 6 nitrogen and oxygen atoms in total. The normalized spacial score (nSPS) is 9.62. The molecule has 0 fully saturated rings. The van der Waals surface area contributed by atoms with Crippen molar-refractivity contribution in [2.45, 2.75) is 6.92 Å². The van der Waals surface area contributed by atoms with Crippen LogP contribution in [0.2, 0.25) is 0 Å². The Labute approximate surface area is 95.4 Å². The third-order valence-electron chi connectivity index (χ3n) is 1.73. The van der Waals surface area contributed by atoms with Crippen LogP contribution in [0.3, 0.4) is 0 Å². The number of nitro benzene ring substituents is 1. The van der Waals surface area contributed by atoms with Crippen molar-refractivity contribution in [1.29, 1.82) is 0 Å². The summed E-state index contributed by atoms with van der Waals surface area (Å²) in [6.07, 6.45) is 0. The number of carbonyl (C=O) groups excluding carboxylic acids is 2. The maximum absolute atomic E-state index is 10.9. The van der Waals surface area contributed by atoms with Crippen molar-refractivity contribution in [1.82, 2.24) is 0 Å². The monoisotopic (exact) mass is 242 g/mol. The molecule has 1 rings (SSSR count). The molecule has 0 aromatic heterocycles. The van der Waals surface area contributed by atoms with Gasteiger partial charge in [0, 0.05) is 18.7 Å². The molecule has 16 heavy (non-hydrogen) atoms. The number of carbonyl (C=O) groups is 2. The van der Waals surface area contributed by atoms with Crippen molar-refractivity contribution in [3.8, 4) is 0 Å². The minimum absolute atomic E-state index is 0.208. The highest BCUT2D eigenvalue weighted by atomic mass is 35.5. The van der Waals surface area contributed by atoms with E-state index < -0.39 is 15.9 Å².